The lowest BCUT2D eigenvalue weighted by Crippen LogP contribution is -2.44. The Labute approximate surface area is 251 Å². The number of sulfonamides is 1. The van der Waals surface area contributed by atoms with Crippen molar-refractivity contribution in [3.8, 4) is 17.2 Å². The van der Waals surface area contributed by atoms with Crippen LogP contribution in [-0.2, 0) is 15.4 Å². The number of H-pyrrole nitrogens is 1. The van der Waals surface area contributed by atoms with Crippen LogP contribution in [-0.4, -0.2) is 75.8 Å². The van der Waals surface area contributed by atoms with Gasteiger partial charge >= 0.3 is 0 Å². The van der Waals surface area contributed by atoms with Crippen molar-refractivity contribution >= 4 is 44.0 Å². The zero-order valence-corrected chi connectivity index (χ0v) is 25.5. The second-order valence-electron chi connectivity index (χ2n) is 11.6. The molecule has 4 aromatic rings. The molecule has 1 aliphatic carbocycles. The van der Waals surface area contributed by atoms with Crippen LogP contribution in [0.1, 0.15) is 35.8 Å². The molecule has 0 spiro atoms. The van der Waals surface area contributed by atoms with E-state index in [0.717, 1.165) is 62.0 Å². The van der Waals surface area contributed by atoms with Gasteiger partial charge in [0.15, 0.2) is 11.5 Å². The summed E-state index contributed by atoms with van der Waals surface area (Å²) in [6, 6.07) is 14.8. The van der Waals surface area contributed by atoms with E-state index in [1.807, 2.05) is 36.4 Å². The predicted molar refractivity (Wildman–Crippen MR) is 168 cm³/mol. The topological polar surface area (TPSA) is 129 Å². The molecule has 2 aromatic carbocycles. The van der Waals surface area contributed by atoms with E-state index < -0.39 is 15.9 Å². The van der Waals surface area contributed by atoms with Gasteiger partial charge in [-0.05, 0) is 61.2 Å². The smallest absolute Gasteiger partial charge is 0.272 e. The van der Waals surface area contributed by atoms with Gasteiger partial charge in [-0.1, -0.05) is 19.1 Å². The Balaban J connectivity index is 1.27. The van der Waals surface area contributed by atoms with Crippen molar-refractivity contribution in [3.63, 3.8) is 0 Å². The number of benzene rings is 2. The van der Waals surface area contributed by atoms with Gasteiger partial charge < -0.3 is 29.6 Å². The van der Waals surface area contributed by atoms with Crippen LogP contribution in [0.3, 0.4) is 0 Å². The SMILES string of the molecule is COc1c(NC(=O)c2cc3cccc(Oc4ccnc(N5CCN(C)CC5)c4)c3[nH]2)cc(C2(C)CC2)cc1NS(C)(=O)=O. The van der Waals surface area contributed by atoms with Crippen molar-refractivity contribution in [1.29, 1.82) is 0 Å². The molecule has 2 aliphatic rings. The normalized spacial score (nSPS) is 16.6. The molecule has 0 atom stereocenters. The van der Waals surface area contributed by atoms with Crippen LogP contribution in [0, 0.1) is 0 Å². The zero-order valence-electron chi connectivity index (χ0n) is 24.7. The largest absolute Gasteiger partial charge is 0.492 e. The molecule has 3 N–H and O–H groups in total. The number of aromatic amines is 1. The van der Waals surface area contributed by atoms with Gasteiger partial charge in [-0.2, -0.15) is 0 Å². The molecule has 3 heterocycles. The molecule has 1 saturated heterocycles. The van der Waals surface area contributed by atoms with Crippen LogP contribution in [0.4, 0.5) is 17.2 Å². The Morgan fingerprint density at radius 2 is 1.79 bits per heavy atom. The maximum absolute atomic E-state index is 13.5. The van der Waals surface area contributed by atoms with E-state index in [1.54, 1.807) is 18.3 Å². The molecular formula is C31H36N6O5S. The number of rotatable bonds is 9. The average Bonchev–Trinajstić information content (AvgIpc) is 3.56. The molecule has 1 saturated carbocycles. The van der Waals surface area contributed by atoms with Gasteiger partial charge in [0.05, 0.1) is 30.3 Å². The number of carbonyl (C=O) groups excluding carboxylic acids is 1. The number of piperazine rings is 1. The van der Waals surface area contributed by atoms with Gasteiger partial charge in [-0.25, -0.2) is 13.4 Å². The predicted octanol–water partition coefficient (Wildman–Crippen LogP) is 4.79. The summed E-state index contributed by atoms with van der Waals surface area (Å²) in [5.74, 6) is 1.93. The Bertz CT molecular complexity index is 1790. The number of amides is 1. The highest BCUT2D eigenvalue weighted by molar-refractivity contribution is 7.92. The Morgan fingerprint density at radius 3 is 2.49 bits per heavy atom. The Morgan fingerprint density at radius 1 is 1.05 bits per heavy atom. The molecule has 226 valence electrons. The molecule has 6 rings (SSSR count). The lowest BCUT2D eigenvalue weighted by atomic mass is 9.96. The first-order chi connectivity index (χ1) is 20.5. The van der Waals surface area contributed by atoms with Gasteiger partial charge in [0.1, 0.15) is 17.3 Å². The quantitative estimate of drug-likeness (QED) is 0.249. The minimum Gasteiger partial charge on any atom is -0.492 e. The van der Waals surface area contributed by atoms with Gasteiger partial charge in [0, 0.05) is 43.8 Å². The van der Waals surface area contributed by atoms with Crippen molar-refractivity contribution in [2.75, 3.05) is 61.5 Å². The van der Waals surface area contributed by atoms with Crippen LogP contribution in [0.25, 0.3) is 10.9 Å². The first kappa shape index (κ1) is 28.8. The van der Waals surface area contributed by atoms with Gasteiger partial charge in [-0.3, -0.25) is 9.52 Å². The summed E-state index contributed by atoms with van der Waals surface area (Å²) in [5, 5.41) is 3.74. The third-order valence-corrected chi connectivity index (χ3v) is 8.76. The number of carbonyl (C=O) groups is 1. The molecule has 1 aliphatic heterocycles. The summed E-state index contributed by atoms with van der Waals surface area (Å²) in [4.78, 5) is 25.8. The minimum absolute atomic E-state index is 0.0792. The Hall–Kier alpha value is -4.29. The second-order valence-corrected chi connectivity index (χ2v) is 13.4. The highest BCUT2D eigenvalue weighted by atomic mass is 32.2. The summed E-state index contributed by atoms with van der Waals surface area (Å²) >= 11 is 0. The maximum Gasteiger partial charge on any atom is 0.272 e. The molecule has 12 heteroatoms. The number of aromatic nitrogens is 2. The number of likely N-dealkylation sites (N-methyl/N-ethyl adjacent to an activating group) is 1. The van der Waals surface area contributed by atoms with Crippen molar-refractivity contribution in [2.24, 2.45) is 0 Å². The summed E-state index contributed by atoms with van der Waals surface area (Å²) in [7, 11) is -0.0211. The first-order valence-corrected chi connectivity index (χ1v) is 16.1. The molecule has 0 unspecified atom stereocenters. The lowest BCUT2D eigenvalue weighted by Gasteiger charge is -2.33. The fraction of sp³-hybridized carbons (Fsp3) is 0.355. The number of anilines is 3. The van der Waals surface area contributed by atoms with E-state index in [4.69, 9.17) is 9.47 Å². The number of hydrogen-bond acceptors (Lipinski definition) is 8. The van der Waals surface area contributed by atoms with E-state index in [9.17, 15) is 13.2 Å². The molecule has 43 heavy (non-hydrogen) atoms. The number of ether oxygens (including phenoxy) is 2. The van der Waals surface area contributed by atoms with E-state index >= 15 is 0 Å². The molecule has 2 fully saturated rings. The minimum atomic E-state index is -3.58. The zero-order chi connectivity index (χ0) is 30.4. The van der Waals surface area contributed by atoms with E-state index in [-0.39, 0.29) is 16.9 Å². The number of pyridine rings is 1. The monoisotopic (exact) mass is 604 g/mol. The molecule has 2 aromatic heterocycles. The van der Waals surface area contributed by atoms with Gasteiger partial charge in [0.25, 0.3) is 5.91 Å². The summed E-state index contributed by atoms with van der Waals surface area (Å²) in [6.07, 6.45) is 4.78. The third-order valence-electron chi connectivity index (χ3n) is 8.17. The van der Waals surface area contributed by atoms with Crippen LogP contribution < -0.4 is 24.4 Å². The van der Waals surface area contributed by atoms with Gasteiger partial charge in [-0.15, -0.1) is 0 Å². The van der Waals surface area contributed by atoms with Crippen LogP contribution >= 0.6 is 0 Å². The molecule has 0 radical (unpaired) electrons. The van der Waals surface area contributed by atoms with Crippen LogP contribution in [0.2, 0.25) is 0 Å². The van der Waals surface area contributed by atoms with Crippen LogP contribution in [0.5, 0.6) is 17.2 Å². The van der Waals surface area contributed by atoms with E-state index in [2.05, 4.69) is 43.8 Å². The van der Waals surface area contributed by atoms with Gasteiger partial charge in [0.2, 0.25) is 10.0 Å². The summed E-state index contributed by atoms with van der Waals surface area (Å²) < 4.78 is 38.6. The standard InChI is InChI=1S/C31H36N6O5S/c1-31(9-10-31)21-17-23(29(41-3)24(18-21)35-43(4,39)40)34-30(38)25-16-20-6-5-7-26(28(20)33-25)42-22-8-11-32-27(19-22)37-14-12-36(2)13-15-37/h5-8,11,16-19,33,35H,9-10,12-15H2,1-4H3,(H,34,38). The number of fused-ring (bicyclic) bond motifs is 1. The maximum atomic E-state index is 13.5. The van der Waals surface area contributed by atoms with Crippen molar-refractivity contribution in [3.05, 3.63) is 66.0 Å². The number of nitrogens with one attached hydrogen (secondary N) is 3. The number of para-hydroxylation sites is 1. The lowest BCUT2D eigenvalue weighted by molar-refractivity contribution is 0.102. The first-order valence-electron chi connectivity index (χ1n) is 14.2. The fourth-order valence-electron chi connectivity index (χ4n) is 5.37. The highest BCUT2D eigenvalue weighted by Crippen LogP contribution is 2.51. The fourth-order valence-corrected chi connectivity index (χ4v) is 5.92. The summed E-state index contributed by atoms with van der Waals surface area (Å²) in [6.45, 7) is 5.86. The van der Waals surface area contributed by atoms with Crippen molar-refractivity contribution < 1.29 is 22.7 Å². The van der Waals surface area contributed by atoms with E-state index in [0.29, 0.717) is 28.4 Å². The average molecular weight is 605 g/mol. The third kappa shape index (κ3) is 6.25. The second kappa shape index (κ2) is 11.1. The Kier molecular flexibility index (Phi) is 7.43. The molecule has 0 bridgehead atoms. The molecular weight excluding hydrogens is 568 g/mol. The van der Waals surface area contributed by atoms with Crippen LogP contribution in [0.15, 0.2) is 54.7 Å². The number of hydrogen-bond donors (Lipinski definition) is 3. The summed E-state index contributed by atoms with van der Waals surface area (Å²) in [5.41, 5.74) is 2.51. The van der Waals surface area contributed by atoms with Crippen molar-refractivity contribution in [2.45, 2.75) is 25.2 Å². The molecule has 11 nitrogen and oxygen atoms in total. The van der Waals surface area contributed by atoms with E-state index in [1.165, 1.54) is 7.11 Å². The molecule has 1 amide bonds. The number of methoxy groups -OCH3 is 1. The highest BCUT2D eigenvalue weighted by Gasteiger charge is 2.40. The number of nitrogens with zero attached hydrogens (tertiary/aromatic N) is 3. The van der Waals surface area contributed by atoms with Crippen molar-refractivity contribution in [1.82, 2.24) is 14.9 Å².